The molecule has 4 rings (SSSR count). The fourth-order valence-electron chi connectivity index (χ4n) is 3.86. The number of hydrogen-bond acceptors (Lipinski definition) is 6. The van der Waals surface area contributed by atoms with Gasteiger partial charge in [0.2, 0.25) is 5.91 Å². The molecule has 2 N–H and O–H groups in total. The number of rotatable bonds is 9. The van der Waals surface area contributed by atoms with E-state index in [1.807, 2.05) is 17.0 Å². The number of benzene rings is 3. The fraction of sp³-hybridized carbons (Fsp3) is 0.231. The average Bonchev–Trinajstić information content (AvgIpc) is 3.28. The van der Waals surface area contributed by atoms with E-state index < -0.39 is 10.0 Å². The zero-order valence-corrected chi connectivity index (χ0v) is 20.8. The Labute approximate surface area is 210 Å². The van der Waals surface area contributed by atoms with Crippen LogP contribution in [0, 0.1) is 0 Å². The van der Waals surface area contributed by atoms with E-state index in [0.717, 1.165) is 18.5 Å². The molecule has 0 saturated carbocycles. The highest BCUT2D eigenvalue weighted by molar-refractivity contribution is 7.92. The van der Waals surface area contributed by atoms with E-state index in [-0.39, 0.29) is 22.4 Å². The number of ether oxygens (including phenoxy) is 2. The second-order valence-electron chi connectivity index (χ2n) is 8.27. The van der Waals surface area contributed by atoms with Crippen molar-refractivity contribution < 1.29 is 27.5 Å². The number of anilines is 2. The van der Waals surface area contributed by atoms with Crippen molar-refractivity contribution in [2.24, 2.45) is 0 Å². The average molecular weight is 510 g/mol. The molecule has 1 aliphatic heterocycles. The molecule has 1 heterocycles. The first kappa shape index (κ1) is 25.1. The van der Waals surface area contributed by atoms with Gasteiger partial charge in [0.25, 0.3) is 15.9 Å². The number of likely N-dealkylation sites (tertiary alicyclic amines) is 1. The van der Waals surface area contributed by atoms with Gasteiger partial charge in [-0.05, 0) is 60.5 Å². The lowest BCUT2D eigenvalue weighted by molar-refractivity contribution is -0.128. The molecule has 1 saturated heterocycles. The third-order valence-corrected chi connectivity index (χ3v) is 7.22. The highest BCUT2D eigenvalue weighted by atomic mass is 32.2. The number of nitrogens with one attached hydrogen (secondary N) is 2. The van der Waals surface area contributed by atoms with Crippen LogP contribution in [-0.2, 0) is 21.4 Å². The molecule has 3 aromatic rings. The zero-order valence-electron chi connectivity index (χ0n) is 20.0. The molecule has 0 spiro atoms. The van der Waals surface area contributed by atoms with Gasteiger partial charge in [-0.1, -0.05) is 12.1 Å². The van der Waals surface area contributed by atoms with Crippen molar-refractivity contribution in [2.75, 3.05) is 30.8 Å². The second kappa shape index (κ2) is 10.7. The van der Waals surface area contributed by atoms with Crippen LogP contribution in [0.25, 0.3) is 0 Å². The first-order valence-electron chi connectivity index (χ1n) is 11.3. The summed E-state index contributed by atoms with van der Waals surface area (Å²) in [5.74, 6) is 0.683. The summed E-state index contributed by atoms with van der Waals surface area (Å²) in [6, 6.07) is 17.7. The van der Waals surface area contributed by atoms with E-state index in [1.165, 1.54) is 38.5 Å². The minimum Gasteiger partial charge on any atom is -0.497 e. The molecule has 0 unspecified atom stereocenters. The Balaban J connectivity index is 1.39. The highest BCUT2D eigenvalue weighted by Crippen LogP contribution is 2.31. The van der Waals surface area contributed by atoms with E-state index >= 15 is 0 Å². The number of hydrogen-bond donors (Lipinski definition) is 2. The van der Waals surface area contributed by atoms with Crippen LogP contribution in [-0.4, -0.2) is 45.9 Å². The number of carbonyl (C=O) groups is 2. The Morgan fingerprint density at radius 2 is 1.69 bits per heavy atom. The number of methoxy groups -OCH3 is 2. The first-order valence-corrected chi connectivity index (χ1v) is 12.8. The topological polar surface area (TPSA) is 114 Å². The quantitative estimate of drug-likeness (QED) is 0.453. The molecule has 10 heteroatoms. The van der Waals surface area contributed by atoms with E-state index in [9.17, 15) is 18.0 Å². The monoisotopic (exact) mass is 509 g/mol. The number of amides is 2. The SMILES string of the molecule is COc1ccc(NS(=O)(=O)c2ccc(NC(=O)c3ccc(CN4CCCC4=O)cc3)cc2)c(OC)c1. The largest absolute Gasteiger partial charge is 0.497 e. The Morgan fingerprint density at radius 1 is 0.972 bits per heavy atom. The van der Waals surface area contributed by atoms with Crippen molar-refractivity contribution in [3.05, 3.63) is 77.9 Å². The number of nitrogens with zero attached hydrogens (tertiary/aromatic N) is 1. The normalized spacial score (nSPS) is 13.4. The van der Waals surface area contributed by atoms with Crippen LogP contribution in [0.2, 0.25) is 0 Å². The third kappa shape index (κ3) is 5.77. The minimum atomic E-state index is -3.89. The van der Waals surface area contributed by atoms with Gasteiger partial charge >= 0.3 is 0 Å². The van der Waals surface area contributed by atoms with Gasteiger partial charge in [0.15, 0.2) is 0 Å². The molecule has 0 bridgehead atoms. The van der Waals surface area contributed by atoms with Crippen LogP contribution in [0.1, 0.15) is 28.8 Å². The molecule has 0 aromatic heterocycles. The van der Waals surface area contributed by atoms with E-state index in [1.54, 1.807) is 30.3 Å². The Hall–Kier alpha value is -4.05. The van der Waals surface area contributed by atoms with Crippen LogP contribution in [0.15, 0.2) is 71.6 Å². The maximum atomic E-state index is 12.8. The molecule has 9 nitrogen and oxygen atoms in total. The smallest absolute Gasteiger partial charge is 0.262 e. The Kier molecular flexibility index (Phi) is 7.44. The van der Waals surface area contributed by atoms with E-state index in [4.69, 9.17) is 9.47 Å². The van der Waals surface area contributed by atoms with Crippen molar-refractivity contribution >= 4 is 33.2 Å². The summed E-state index contributed by atoms with van der Waals surface area (Å²) in [6.07, 6.45) is 1.47. The highest BCUT2D eigenvalue weighted by Gasteiger charge is 2.20. The van der Waals surface area contributed by atoms with Gasteiger partial charge in [-0.3, -0.25) is 14.3 Å². The minimum absolute atomic E-state index is 0.0270. The summed E-state index contributed by atoms with van der Waals surface area (Å²) in [4.78, 5) is 26.3. The molecular formula is C26H27N3O6S. The molecule has 0 atom stereocenters. The van der Waals surface area contributed by atoms with Crippen molar-refractivity contribution in [3.63, 3.8) is 0 Å². The number of carbonyl (C=O) groups excluding carboxylic acids is 2. The molecule has 1 fully saturated rings. The maximum absolute atomic E-state index is 12.8. The predicted molar refractivity (Wildman–Crippen MR) is 136 cm³/mol. The van der Waals surface area contributed by atoms with Gasteiger partial charge in [0.1, 0.15) is 11.5 Å². The van der Waals surface area contributed by atoms with Crippen molar-refractivity contribution in [3.8, 4) is 11.5 Å². The van der Waals surface area contributed by atoms with Crippen molar-refractivity contribution in [1.82, 2.24) is 4.90 Å². The van der Waals surface area contributed by atoms with Gasteiger partial charge in [0, 0.05) is 36.8 Å². The fourth-order valence-corrected chi connectivity index (χ4v) is 4.93. The van der Waals surface area contributed by atoms with Gasteiger partial charge in [0.05, 0.1) is 24.8 Å². The van der Waals surface area contributed by atoms with Crippen molar-refractivity contribution in [1.29, 1.82) is 0 Å². The molecular weight excluding hydrogens is 482 g/mol. The molecule has 36 heavy (non-hydrogen) atoms. The zero-order chi connectivity index (χ0) is 25.7. The van der Waals surface area contributed by atoms with E-state index in [0.29, 0.717) is 35.7 Å². The lowest BCUT2D eigenvalue weighted by atomic mass is 10.1. The third-order valence-electron chi connectivity index (χ3n) is 5.84. The maximum Gasteiger partial charge on any atom is 0.262 e. The summed E-state index contributed by atoms with van der Waals surface area (Å²) in [6.45, 7) is 1.29. The summed E-state index contributed by atoms with van der Waals surface area (Å²) in [7, 11) is -0.950. The summed E-state index contributed by atoms with van der Waals surface area (Å²) in [5.41, 5.74) is 2.13. The Morgan fingerprint density at radius 3 is 2.31 bits per heavy atom. The van der Waals surface area contributed by atoms with Crippen LogP contribution in [0.4, 0.5) is 11.4 Å². The first-order chi connectivity index (χ1) is 17.3. The van der Waals surface area contributed by atoms with Crippen LogP contribution in [0.5, 0.6) is 11.5 Å². The van der Waals surface area contributed by atoms with Crippen LogP contribution in [0.3, 0.4) is 0 Å². The lowest BCUT2D eigenvalue weighted by Gasteiger charge is -2.15. The van der Waals surface area contributed by atoms with Gasteiger partial charge in [-0.15, -0.1) is 0 Å². The Bertz CT molecular complexity index is 1360. The summed E-state index contributed by atoms with van der Waals surface area (Å²) in [5, 5.41) is 2.76. The molecule has 0 radical (unpaired) electrons. The molecule has 0 aliphatic carbocycles. The van der Waals surface area contributed by atoms with Gasteiger partial charge in [-0.25, -0.2) is 8.42 Å². The van der Waals surface area contributed by atoms with Gasteiger partial charge in [-0.2, -0.15) is 0 Å². The lowest BCUT2D eigenvalue weighted by Crippen LogP contribution is -2.23. The van der Waals surface area contributed by atoms with Crippen molar-refractivity contribution in [2.45, 2.75) is 24.3 Å². The molecule has 1 aliphatic rings. The molecule has 188 valence electrons. The standard InChI is InChI=1S/C26H27N3O6S/c1-34-21-11-14-23(24(16-21)35-2)28-36(32,33)22-12-9-20(10-13-22)27-26(31)19-7-5-18(6-8-19)17-29-15-3-4-25(29)30/h5-14,16,28H,3-4,15,17H2,1-2H3,(H,27,31). The molecule has 2 amide bonds. The predicted octanol–water partition coefficient (Wildman–Crippen LogP) is 3.88. The van der Waals surface area contributed by atoms with Crippen LogP contribution >= 0.6 is 0 Å². The second-order valence-corrected chi connectivity index (χ2v) is 9.95. The number of sulfonamides is 1. The summed E-state index contributed by atoms with van der Waals surface area (Å²) < 4.78 is 38.6. The summed E-state index contributed by atoms with van der Waals surface area (Å²) >= 11 is 0. The van der Waals surface area contributed by atoms with Crippen LogP contribution < -0.4 is 19.5 Å². The molecule has 3 aromatic carbocycles. The van der Waals surface area contributed by atoms with Gasteiger partial charge < -0.3 is 19.7 Å². The van der Waals surface area contributed by atoms with E-state index in [2.05, 4.69) is 10.0 Å².